The molecule has 0 aliphatic carbocycles. The Morgan fingerprint density at radius 2 is 1.81 bits per heavy atom. The highest BCUT2D eigenvalue weighted by Crippen LogP contribution is 2.27. The van der Waals surface area contributed by atoms with E-state index in [-0.39, 0.29) is 13.2 Å². The molecule has 0 N–H and O–H groups in total. The molecule has 9 heteroatoms. The van der Waals surface area contributed by atoms with E-state index in [1.54, 1.807) is 24.3 Å². The van der Waals surface area contributed by atoms with Crippen LogP contribution in [-0.2, 0) is 22.3 Å². The van der Waals surface area contributed by atoms with E-state index >= 15 is 0 Å². The maximum absolute atomic E-state index is 12.6. The standard InChI is InChI=1S/C17H13F3N2O4/c18-17(19,20)13-3-6-15(23)22(10-13)11-16(24)26-8-7-25-14-4-1-12(9-21)2-5-14/h1-6,10H,7-8,11H2. The molecule has 0 atom stereocenters. The molecular formula is C17H13F3N2O4. The minimum absolute atomic E-state index is 0.00906. The van der Waals surface area contributed by atoms with Gasteiger partial charge in [-0.15, -0.1) is 0 Å². The Labute approximate surface area is 146 Å². The Balaban J connectivity index is 1.83. The molecule has 0 bridgehead atoms. The Bertz CT molecular complexity index is 867. The van der Waals surface area contributed by atoms with Crippen molar-refractivity contribution in [1.82, 2.24) is 4.57 Å². The Morgan fingerprint density at radius 3 is 2.42 bits per heavy atom. The van der Waals surface area contributed by atoms with Crippen molar-refractivity contribution in [2.75, 3.05) is 13.2 Å². The van der Waals surface area contributed by atoms with Crippen molar-refractivity contribution in [3.8, 4) is 11.8 Å². The predicted octanol–water partition coefficient (Wildman–Crippen LogP) is 2.36. The lowest BCUT2D eigenvalue weighted by Gasteiger charge is -2.11. The highest BCUT2D eigenvalue weighted by atomic mass is 19.4. The molecule has 1 heterocycles. The van der Waals surface area contributed by atoms with E-state index in [0.29, 0.717) is 28.1 Å². The second-order valence-electron chi connectivity index (χ2n) is 5.09. The van der Waals surface area contributed by atoms with Crippen LogP contribution in [0.4, 0.5) is 13.2 Å². The average molecular weight is 366 g/mol. The van der Waals surface area contributed by atoms with Crippen molar-refractivity contribution in [3.05, 3.63) is 64.1 Å². The van der Waals surface area contributed by atoms with Crippen molar-refractivity contribution >= 4 is 5.97 Å². The number of benzene rings is 1. The van der Waals surface area contributed by atoms with Gasteiger partial charge < -0.3 is 14.0 Å². The molecule has 0 spiro atoms. The second-order valence-corrected chi connectivity index (χ2v) is 5.09. The predicted molar refractivity (Wildman–Crippen MR) is 83.3 cm³/mol. The molecule has 0 saturated carbocycles. The number of nitriles is 1. The summed E-state index contributed by atoms with van der Waals surface area (Å²) in [4.78, 5) is 23.2. The van der Waals surface area contributed by atoms with Crippen LogP contribution in [0.3, 0.4) is 0 Å². The van der Waals surface area contributed by atoms with Crippen LogP contribution in [0, 0.1) is 11.3 Å². The molecule has 0 aliphatic heterocycles. The SMILES string of the molecule is N#Cc1ccc(OCCOC(=O)Cn2cc(C(F)(F)F)ccc2=O)cc1. The lowest BCUT2D eigenvalue weighted by Crippen LogP contribution is -2.26. The van der Waals surface area contributed by atoms with Gasteiger partial charge in [0.1, 0.15) is 25.5 Å². The molecule has 0 saturated heterocycles. The van der Waals surface area contributed by atoms with Gasteiger partial charge in [-0.3, -0.25) is 9.59 Å². The average Bonchev–Trinajstić information content (AvgIpc) is 2.60. The number of nitrogens with zero attached hydrogens (tertiary/aromatic N) is 2. The first-order chi connectivity index (χ1) is 12.3. The zero-order chi connectivity index (χ0) is 19.2. The van der Waals surface area contributed by atoms with E-state index in [0.717, 1.165) is 6.07 Å². The molecule has 136 valence electrons. The number of ether oxygens (including phenoxy) is 2. The third-order valence-electron chi connectivity index (χ3n) is 3.21. The van der Waals surface area contributed by atoms with Crippen LogP contribution in [0.5, 0.6) is 5.75 Å². The number of hydrogen-bond donors (Lipinski definition) is 0. The zero-order valence-corrected chi connectivity index (χ0v) is 13.3. The molecule has 0 aliphatic rings. The fourth-order valence-corrected chi connectivity index (χ4v) is 1.95. The normalized spacial score (nSPS) is 10.8. The van der Waals surface area contributed by atoms with Crippen molar-refractivity contribution in [1.29, 1.82) is 5.26 Å². The summed E-state index contributed by atoms with van der Waals surface area (Å²) in [5.74, 6) is -0.399. The first-order valence-electron chi connectivity index (χ1n) is 7.36. The first kappa shape index (κ1) is 19.1. The van der Waals surface area contributed by atoms with Crippen LogP contribution >= 0.6 is 0 Å². The second kappa shape index (κ2) is 8.20. The molecule has 2 aromatic rings. The summed E-state index contributed by atoms with van der Waals surface area (Å²) in [5, 5.41) is 8.67. The van der Waals surface area contributed by atoms with Gasteiger partial charge in [0.05, 0.1) is 17.2 Å². The maximum atomic E-state index is 12.6. The van der Waals surface area contributed by atoms with Gasteiger partial charge in [-0.25, -0.2) is 0 Å². The van der Waals surface area contributed by atoms with E-state index in [2.05, 4.69) is 0 Å². The summed E-state index contributed by atoms with van der Waals surface area (Å²) in [6, 6.07) is 9.60. The van der Waals surface area contributed by atoms with E-state index < -0.39 is 29.8 Å². The monoisotopic (exact) mass is 366 g/mol. The molecule has 6 nitrogen and oxygen atoms in total. The molecule has 0 unspecified atom stereocenters. The van der Waals surface area contributed by atoms with Crippen LogP contribution in [0.15, 0.2) is 47.4 Å². The minimum Gasteiger partial charge on any atom is -0.490 e. The van der Waals surface area contributed by atoms with Gasteiger partial charge in [0, 0.05) is 12.3 Å². The Kier molecular flexibility index (Phi) is 6.01. The highest BCUT2D eigenvalue weighted by Gasteiger charge is 2.31. The quantitative estimate of drug-likeness (QED) is 0.579. The lowest BCUT2D eigenvalue weighted by atomic mass is 10.2. The molecular weight excluding hydrogens is 353 g/mol. The number of hydrogen-bond acceptors (Lipinski definition) is 5. The van der Waals surface area contributed by atoms with E-state index in [9.17, 15) is 22.8 Å². The van der Waals surface area contributed by atoms with Crippen molar-refractivity contribution in [3.63, 3.8) is 0 Å². The number of carbonyl (C=O) groups excluding carboxylic acids is 1. The van der Waals surface area contributed by atoms with Crippen LogP contribution in [-0.4, -0.2) is 23.8 Å². The van der Waals surface area contributed by atoms with Gasteiger partial charge in [-0.1, -0.05) is 0 Å². The molecule has 0 amide bonds. The lowest BCUT2D eigenvalue weighted by molar-refractivity contribution is -0.146. The first-order valence-corrected chi connectivity index (χ1v) is 7.36. The summed E-state index contributed by atoms with van der Waals surface area (Å²) >= 11 is 0. The molecule has 0 fully saturated rings. The van der Waals surface area contributed by atoms with Gasteiger partial charge in [0.25, 0.3) is 5.56 Å². The topological polar surface area (TPSA) is 81.3 Å². The third kappa shape index (κ3) is 5.37. The summed E-state index contributed by atoms with van der Waals surface area (Å²) in [7, 11) is 0. The van der Waals surface area contributed by atoms with Gasteiger partial charge in [0.2, 0.25) is 0 Å². The summed E-state index contributed by atoms with van der Waals surface area (Å²) < 4.78 is 48.6. The Morgan fingerprint density at radius 1 is 1.12 bits per heavy atom. The largest absolute Gasteiger partial charge is 0.490 e. The Hall–Kier alpha value is -3.28. The van der Waals surface area contributed by atoms with E-state index in [1.165, 1.54) is 0 Å². The minimum atomic E-state index is -4.62. The van der Waals surface area contributed by atoms with Crippen LogP contribution < -0.4 is 10.3 Å². The summed E-state index contributed by atoms with van der Waals surface area (Å²) in [5.41, 5.74) is -1.31. The van der Waals surface area contributed by atoms with Gasteiger partial charge in [-0.2, -0.15) is 18.4 Å². The maximum Gasteiger partial charge on any atom is 0.417 e. The van der Waals surface area contributed by atoms with Crippen LogP contribution in [0.1, 0.15) is 11.1 Å². The van der Waals surface area contributed by atoms with Crippen LogP contribution in [0.2, 0.25) is 0 Å². The molecule has 26 heavy (non-hydrogen) atoms. The zero-order valence-electron chi connectivity index (χ0n) is 13.3. The van der Waals surface area contributed by atoms with Crippen molar-refractivity contribution < 1.29 is 27.4 Å². The fourth-order valence-electron chi connectivity index (χ4n) is 1.95. The van der Waals surface area contributed by atoms with Crippen molar-refractivity contribution in [2.45, 2.75) is 12.7 Å². The number of esters is 1. The molecule has 0 radical (unpaired) electrons. The number of pyridine rings is 1. The van der Waals surface area contributed by atoms with Gasteiger partial charge >= 0.3 is 12.1 Å². The summed E-state index contributed by atoms with van der Waals surface area (Å²) in [6.07, 6.45) is -4.05. The summed E-state index contributed by atoms with van der Waals surface area (Å²) in [6.45, 7) is -0.776. The molecule has 2 rings (SSSR count). The van der Waals surface area contributed by atoms with Crippen molar-refractivity contribution in [2.24, 2.45) is 0 Å². The smallest absolute Gasteiger partial charge is 0.417 e. The number of aromatic nitrogens is 1. The van der Waals surface area contributed by atoms with E-state index in [4.69, 9.17) is 14.7 Å². The number of carbonyl (C=O) groups is 1. The number of halogens is 3. The fraction of sp³-hybridized carbons (Fsp3) is 0.235. The molecule has 1 aromatic heterocycles. The number of alkyl halides is 3. The van der Waals surface area contributed by atoms with Gasteiger partial charge in [-0.05, 0) is 30.3 Å². The highest BCUT2D eigenvalue weighted by molar-refractivity contribution is 5.69. The molecule has 1 aromatic carbocycles. The third-order valence-corrected chi connectivity index (χ3v) is 3.21. The number of rotatable bonds is 6. The van der Waals surface area contributed by atoms with Crippen LogP contribution in [0.25, 0.3) is 0 Å². The van der Waals surface area contributed by atoms with Gasteiger partial charge in [0.15, 0.2) is 0 Å². The van der Waals surface area contributed by atoms with E-state index in [1.807, 2.05) is 6.07 Å².